The predicted molar refractivity (Wildman–Crippen MR) is 61.6 cm³/mol. The molecule has 0 saturated heterocycles. The molecule has 1 saturated carbocycles. The van der Waals surface area contributed by atoms with E-state index in [4.69, 9.17) is 4.74 Å². The highest BCUT2D eigenvalue weighted by atomic mass is 16.5. The average Bonchev–Trinajstić information content (AvgIpc) is 2.25. The van der Waals surface area contributed by atoms with Crippen LogP contribution < -0.4 is 0 Å². The summed E-state index contributed by atoms with van der Waals surface area (Å²) >= 11 is 0. The Bertz CT molecular complexity index is 181. The highest BCUT2D eigenvalue weighted by Crippen LogP contribution is 2.28. The first-order valence-corrected chi connectivity index (χ1v) is 6.40. The first kappa shape index (κ1) is 12.5. The molecular weight excluding hydrogens is 188 g/mol. The van der Waals surface area contributed by atoms with Gasteiger partial charge in [0.15, 0.2) is 0 Å². The molecule has 0 unspecified atom stereocenters. The topological polar surface area (TPSA) is 26.3 Å². The number of carbonyl (C=O) groups is 1. The van der Waals surface area contributed by atoms with Gasteiger partial charge in [0.05, 0.1) is 12.5 Å². The lowest BCUT2D eigenvalue weighted by Crippen LogP contribution is -2.23. The number of carbonyl (C=O) groups excluding carboxylic acids is 1. The van der Waals surface area contributed by atoms with Gasteiger partial charge in [-0.1, -0.05) is 26.7 Å². The van der Waals surface area contributed by atoms with E-state index < -0.39 is 0 Å². The van der Waals surface area contributed by atoms with Gasteiger partial charge in [0.1, 0.15) is 0 Å². The summed E-state index contributed by atoms with van der Waals surface area (Å²) in [7, 11) is 0. The minimum atomic E-state index is 0.0537. The van der Waals surface area contributed by atoms with Crippen LogP contribution in [0.25, 0.3) is 0 Å². The lowest BCUT2D eigenvalue weighted by Gasteiger charge is -2.24. The van der Waals surface area contributed by atoms with Gasteiger partial charge in [-0.05, 0) is 38.0 Å². The van der Waals surface area contributed by atoms with Crippen LogP contribution in [0.15, 0.2) is 0 Å². The molecule has 2 heteroatoms. The van der Waals surface area contributed by atoms with Crippen molar-refractivity contribution in [3.05, 3.63) is 0 Å². The van der Waals surface area contributed by atoms with Crippen LogP contribution in [-0.4, -0.2) is 12.6 Å². The molecule has 88 valence electrons. The smallest absolute Gasteiger partial charge is 0.308 e. The maximum absolute atomic E-state index is 11.6. The summed E-state index contributed by atoms with van der Waals surface area (Å²) in [5.41, 5.74) is 0. The molecule has 0 heterocycles. The summed E-state index contributed by atoms with van der Waals surface area (Å²) in [5.74, 6) is 1.05. The fraction of sp³-hybridized carbons (Fsp3) is 0.923. The number of rotatable bonds is 5. The zero-order valence-corrected chi connectivity index (χ0v) is 10.1. The molecule has 0 aliphatic heterocycles. The van der Waals surface area contributed by atoms with Gasteiger partial charge in [-0.3, -0.25) is 4.79 Å². The molecule has 0 bridgehead atoms. The van der Waals surface area contributed by atoms with Crippen molar-refractivity contribution >= 4 is 5.97 Å². The van der Waals surface area contributed by atoms with Crippen LogP contribution in [0, 0.1) is 11.8 Å². The van der Waals surface area contributed by atoms with Crippen molar-refractivity contribution in [1.29, 1.82) is 0 Å². The number of hydrogen-bond donors (Lipinski definition) is 0. The van der Waals surface area contributed by atoms with Crippen LogP contribution in [0.5, 0.6) is 0 Å². The Hall–Kier alpha value is -0.530. The summed E-state index contributed by atoms with van der Waals surface area (Å²) in [5, 5.41) is 0. The molecule has 1 aliphatic rings. The SMILES string of the molecule is CCCCCOC(=O)C1CCC(C)CC1. The molecule has 15 heavy (non-hydrogen) atoms. The molecule has 0 amide bonds. The molecule has 0 aromatic carbocycles. The Morgan fingerprint density at radius 2 is 1.87 bits per heavy atom. The van der Waals surface area contributed by atoms with Crippen molar-refractivity contribution in [3.63, 3.8) is 0 Å². The zero-order chi connectivity index (χ0) is 11.1. The van der Waals surface area contributed by atoms with E-state index in [1.165, 1.54) is 19.3 Å². The summed E-state index contributed by atoms with van der Waals surface area (Å²) in [6, 6.07) is 0. The lowest BCUT2D eigenvalue weighted by molar-refractivity contribution is -0.150. The number of ether oxygens (including phenoxy) is 1. The van der Waals surface area contributed by atoms with Crippen LogP contribution in [0.3, 0.4) is 0 Å². The number of unbranched alkanes of at least 4 members (excludes halogenated alkanes) is 2. The van der Waals surface area contributed by atoms with Crippen molar-refractivity contribution < 1.29 is 9.53 Å². The van der Waals surface area contributed by atoms with Crippen molar-refractivity contribution in [1.82, 2.24) is 0 Å². The van der Waals surface area contributed by atoms with Gasteiger partial charge < -0.3 is 4.74 Å². The Balaban J connectivity index is 2.11. The van der Waals surface area contributed by atoms with Crippen molar-refractivity contribution in [2.75, 3.05) is 6.61 Å². The van der Waals surface area contributed by atoms with Crippen molar-refractivity contribution in [2.24, 2.45) is 11.8 Å². The van der Waals surface area contributed by atoms with E-state index in [2.05, 4.69) is 13.8 Å². The Labute approximate surface area is 93.4 Å². The van der Waals surface area contributed by atoms with Gasteiger partial charge in [0.2, 0.25) is 0 Å². The van der Waals surface area contributed by atoms with E-state index >= 15 is 0 Å². The third-order valence-electron chi connectivity index (χ3n) is 3.34. The van der Waals surface area contributed by atoms with Crippen molar-refractivity contribution in [2.45, 2.75) is 58.8 Å². The summed E-state index contributed by atoms with van der Waals surface area (Å²) in [6.07, 6.45) is 7.81. The largest absolute Gasteiger partial charge is 0.465 e. The highest BCUT2D eigenvalue weighted by Gasteiger charge is 2.25. The first-order chi connectivity index (χ1) is 7.24. The van der Waals surface area contributed by atoms with Crippen LogP contribution >= 0.6 is 0 Å². The second-order valence-electron chi connectivity index (χ2n) is 4.83. The minimum absolute atomic E-state index is 0.0537. The second-order valence-corrected chi connectivity index (χ2v) is 4.83. The standard InChI is InChI=1S/C13H24O2/c1-3-4-5-10-15-13(14)12-8-6-11(2)7-9-12/h11-12H,3-10H2,1-2H3. The summed E-state index contributed by atoms with van der Waals surface area (Å²) in [4.78, 5) is 11.6. The van der Waals surface area contributed by atoms with Crippen LogP contribution in [0.1, 0.15) is 58.8 Å². The predicted octanol–water partition coefficient (Wildman–Crippen LogP) is 3.55. The second kappa shape index (κ2) is 6.86. The lowest BCUT2D eigenvalue weighted by atomic mass is 9.83. The minimum Gasteiger partial charge on any atom is -0.465 e. The summed E-state index contributed by atoms with van der Waals surface area (Å²) < 4.78 is 5.28. The Kier molecular flexibility index (Phi) is 5.74. The number of esters is 1. The van der Waals surface area contributed by atoms with E-state index in [0.29, 0.717) is 6.61 Å². The molecule has 0 radical (unpaired) electrons. The molecule has 1 fully saturated rings. The molecule has 0 aromatic heterocycles. The van der Waals surface area contributed by atoms with Gasteiger partial charge >= 0.3 is 5.97 Å². The van der Waals surface area contributed by atoms with E-state index in [1.807, 2.05) is 0 Å². The summed E-state index contributed by atoms with van der Waals surface area (Å²) in [6.45, 7) is 5.05. The third-order valence-corrected chi connectivity index (χ3v) is 3.34. The van der Waals surface area contributed by atoms with E-state index in [9.17, 15) is 4.79 Å². The quantitative estimate of drug-likeness (QED) is 0.514. The molecule has 0 atom stereocenters. The van der Waals surface area contributed by atoms with E-state index in [-0.39, 0.29) is 11.9 Å². The molecule has 1 aliphatic carbocycles. The molecule has 0 aromatic rings. The van der Waals surface area contributed by atoms with Crippen LogP contribution in [0.2, 0.25) is 0 Å². The normalized spacial score (nSPS) is 26.3. The van der Waals surface area contributed by atoms with E-state index in [1.54, 1.807) is 0 Å². The van der Waals surface area contributed by atoms with Gasteiger partial charge in [-0.15, -0.1) is 0 Å². The van der Waals surface area contributed by atoms with Gasteiger partial charge in [0.25, 0.3) is 0 Å². The first-order valence-electron chi connectivity index (χ1n) is 6.40. The maximum Gasteiger partial charge on any atom is 0.308 e. The Morgan fingerprint density at radius 3 is 2.47 bits per heavy atom. The van der Waals surface area contributed by atoms with Crippen molar-refractivity contribution in [3.8, 4) is 0 Å². The fourth-order valence-corrected chi connectivity index (χ4v) is 2.14. The fourth-order valence-electron chi connectivity index (χ4n) is 2.14. The molecule has 2 nitrogen and oxygen atoms in total. The molecule has 0 spiro atoms. The molecular formula is C13H24O2. The zero-order valence-electron chi connectivity index (χ0n) is 10.1. The third kappa shape index (κ3) is 4.67. The van der Waals surface area contributed by atoms with Gasteiger partial charge in [-0.2, -0.15) is 0 Å². The average molecular weight is 212 g/mol. The highest BCUT2D eigenvalue weighted by molar-refractivity contribution is 5.72. The van der Waals surface area contributed by atoms with Crippen LogP contribution in [-0.2, 0) is 9.53 Å². The number of hydrogen-bond acceptors (Lipinski definition) is 2. The van der Waals surface area contributed by atoms with E-state index in [0.717, 1.165) is 31.6 Å². The monoisotopic (exact) mass is 212 g/mol. The molecule has 1 rings (SSSR count). The molecule has 0 N–H and O–H groups in total. The van der Waals surface area contributed by atoms with Crippen LogP contribution in [0.4, 0.5) is 0 Å². The van der Waals surface area contributed by atoms with Gasteiger partial charge in [-0.25, -0.2) is 0 Å². The maximum atomic E-state index is 11.6. The van der Waals surface area contributed by atoms with Gasteiger partial charge in [0, 0.05) is 0 Å². The Morgan fingerprint density at radius 1 is 1.20 bits per heavy atom.